The van der Waals surface area contributed by atoms with Gasteiger partial charge in [-0.2, -0.15) is 0 Å². The van der Waals surface area contributed by atoms with E-state index in [1.54, 1.807) is 6.26 Å². The molecular formula is C15H28IN5O. The van der Waals surface area contributed by atoms with Gasteiger partial charge in [0.15, 0.2) is 5.96 Å². The van der Waals surface area contributed by atoms with Gasteiger partial charge in [0.1, 0.15) is 12.0 Å². The summed E-state index contributed by atoms with van der Waals surface area (Å²) in [5.41, 5.74) is 0.898. The van der Waals surface area contributed by atoms with Gasteiger partial charge >= 0.3 is 0 Å². The molecule has 0 spiro atoms. The summed E-state index contributed by atoms with van der Waals surface area (Å²) >= 11 is 0. The molecular weight excluding hydrogens is 393 g/mol. The van der Waals surface area contributed by atoms with Crippen LogP contribution < -0.4 is 5.32 Å². The summed E-state index contributed by atoms with van der Waals surface area (Å²) in [6, 6.07) is 1.87. The Labute approximate surface area is 150 Å². The van der Waals surface area contributed by atoms with E-state index in [-0.39, 0.29) is 24.0 Å². The van der Waals surface area contributed by atoms with Gasteiger partial charge in [-0.05, 0) is 25.4 Å². The van der Waals surface area contributed by atoms with Crippen molar-refractivity contribution in [3.63, 3.8) is 0 Å². The van der Waals surface area contributed by atoms with Crippen molar-refractivity contribution in [3.8, 4) is 0 Å². The van der Waals surface area contributed by atoms with Crippen LogP contribution in [0.5, 0.6) is 0 Å². The molecule has 0 saturated carbocycles. The smallest absolute Gasteiger partial charge is 0.193 e. The van der Waals surface area contributed by atoms with Crippen molar-refractivity contribution in [1.82, 2.24) is 20.3 Å². The molecule has 1 aromatic rings. The number of hydrogen-bond donors (Lipinski definition) is 1. The topological polar surface area (TPSA) is 56.9 Å². The van der Waals surface area contributed by atoms with Gasteiger partial charge in [-0.1, -0.05) is 19.0 Å². The molecule has 0 aromatic carbocycles. The van der Waals surface area contributed by atoms with Crippen LogP contribution in [-0.4, -0.2) is 60.7 Å². The summed E-state index contributed by atoms with van der Waals surface area (Å²) in [5, 5.41) is 7.26. The van der Waals surface area contributed by atoms with E-state index >= 15 is 0 Å². The summed E-state index contributed by atoms with van der Waals surface area (Å²) in [4.78, 5) is 9.22. The first-order valence-corrected chi connectivity index (χ1v) is 7.84. The Kier molecular flexibility index (Phi) is 8.77. The highest BCUT2D eigenvalue weighted by Gasteiger charge is 2.25. The van der Waals surface area contributed by atoms with E-state index in [0.29, 0.717) is 6.54 Å². The average molecular weight is 421 g/mol. The molecule has 126 valence electrons. The van der Waals surface area contributed by atoms with Gasteiger partial charge in [0.05, 0.1) is 6.54 Å². The van der Waals surface area contributed by atoms with Gasteiger partial charge in [0, 0.05) is 32.7 Å². The van der Waals surface area contributed by atoms with E-state index in [4.69, 9.17) is 4.52 Å². The Balaban J connectivity index is 0.00000242. The quantitative estimate of drug-likeness (QED) is 0.433. The number of nitrogens with one attached hydrogen (secondary N) is 1. The fourth-order valence-electron chi connectivity index (χ4n) is 2.85. The summed E-state index contributed by atoms with van der Waals surface area (Å²) in [6.45, 7) is 10.7. The molecule has 0 radical (unpaired) electrons. The summed E-state index contributed by atoms with van der Waals surface area (Å²) in [7, 11) is 1.84. The molecule has 0 amide bonds. The molecule has 2 rings (SSSR count). The highest BCUT2D eigenvalue weighted by Crippen LogP contribution is 2.17. The lowest BCUT2D eigenvalue weighted by atomic mass is 10.1. The van der Waals surface area contributed by atoms with Crippen molar-refractivity contribution in [2.45, 2.75) is 26.8 Å². The fraction of sp³-hybridized carbons (Fsp3) is 0.733. The predicted molar refractivity (Wildman–Crippen MR) is 99.6 cm³/mol. The van der Waals surface area contributed by atoms with Crippen LogP contribution in [0.15, 0.2) is 21.8 Å². The van der Waals surface area contributed by atoms with Crippen LogP contribution in [0.3, 0.4) is 0 Å². The van der Waals surface area contributed by atoms with Crippen LogP contribution >= 0.6 is 24.0 Å². The molecule has 1 saturated heterocycles. The van der Waals surface area contributed by atoms with Crippen LogP contribution in [0.4, 0.5) is 0 Å². The van der Waals surface area contributed by atoms with E-state index < -0.39 is 0 Å². The second-order valence-electron chi connectivity index (χ2n) is 5.48. The molecule has 0 aliphatic carbocycles. The summed E-state index contributed by atoms with van der Waals surface area (Å²) < 4.78 is 4.84. The lowest BCUT2D eigenvalue weighted by Crippen LogP contribution is -2.40. The van der Waals surface area contributed by atoms with Crippen molar-refractivity contribution in [1.29, 1.82) is 0 Å². The molecule has 2 heterocycles. The monoisotopic (exact) mass is 421 g/mol. The van der Waals surface area contributed by atoms with Crippen LogP contribution in [0.25, 0.3) is 0 Å². The van der Waals surface area contributed by atoms with Crippen molar-refractivity contribution in [2.75, 3.05) is 39.8 Å². The van der Waals surface area contributed by atoms with E-state index in [9.17, 15) is 0 Å². The Bertz CT molecular complexity index is 433. The third kappa shape index (κ3) is 5.42. The van der Waals surface area contributed by atoms with Gasteiger partial charge < -0.3 is 19.6 Å². The molecule has 1 unspecified atom stereocenters. The van der Waals surface area contributed by atoms with Crippen LogP contribution in [0.2, 0.25) is 0 Å². The first kappa shape index (κ1) is 19.2. The highest BCUT2D eigenvalue weighted by molar-refractivity contribution is 14.0. The maximum atomic E-state index is 4.84. The van der Waals surface area contributed by atoms with E-state index in [1.807, 2.05) is 13.1 Å². The number of halogens is 1. The van der Waals surface area contributed by atoms with Gasteiger partial charge in [-0.25, -0.2) is 0 Å². The molecule has 22 heavy (non-hydrogen) atoms. The van der Waals surface area contributed by atoms with Crippen molar-refractivity contribution in [3.05, 3.63) is 18.0 Å². The zero-order valence-electron chi connectivity index (χ0n) is 13.8. The lowest BCUT2D eigenvalue weighted by Gasteiger charge is -2.24. The Morgan fingerprint density at radius 1 is 1.50 bits per heavy atom. The van der Waals surface area contributed by atoms with Gasteiger partial charge in [-0.15, -0.1) is 24.0 Å². The Hall–Kier alpha value is -0.830. The average Bonchev–Trinajstić information content (AvgIpc) is 3.17. The van der Waals surface area contributed by atoms with Gasteiger partial charge in [0.2, 0.25) is 0 Å². The molecule has 1 atom stereocenters. The molecule has 0 bridgehead atoms. The number of likely N-dealkylation sites (tertiary alicyclic amines) is 1. The van der Waals surface area contributed by atoms with Crippen molar-refractivity contribution >= 4 is 29.9 Å². The number of rotatable bonds is 6. The second kappa shape index (κ2) is 10.0. The van der Waals surface area contributed by atoms with E-state index in [0.717, 1.165) is 43.8 Å². The number of aromatic nitrogens is 1. The number of guanidine groups is 1. The van der Waals surface area contributed by atoms with Crippen molar-refractivity contribution < 1.29 is 4.52 Å². The van der Waals surface area contributed by atoms with Gasteiger partial charge in [0.25, 0.3) is 0 Å². The minimum atomic E-state index is 0. The zero-order valence-corrected chi connectivity index (χ0v) is 16.1. The normalized spacial score (nSPS) is 18.6. The minimum absolute atomic E-state index is 0. The first-order chi connectivity index (χ1) is 10.3. The summed E-state index contributed by atoms with van der Waals surface area (Å²) in [6.07, 6.45) is 2.83. The van der Waals surface area contributed by atoms with Crippen LogP contribution in [0, 0.1) is 5.92 Å². The van der Waals surface area contributed by atoms with Gasteiger partial charge in [-0.3, -0.25) is 4.99 Å². The third-order valence-electron chi connectivity index (χ3n) is 4.13. The predicted octanol–water partition coefficient (Wildman–Crippen LogP) is 2.03. The van der Waals surface area contributed by atoms with Crippen LogP contribution in [0.1, 0.15) is 26.0 Å². The number of hydrogen-bond acceptors (Lipinski definition) is 4. The second-order valence-corrected chi connectivity index (χ2v) is 5.48. The number of nitrogens with zero attached hydrogens (tertiary/aromatic N) is 4. The largest absolute Gasteiger partial charge is 0.364 e. The molecule has 1 aliphatic heterocycles. The molecule has 1 fully saturated rings. The zero-order chi connectivity index (χ0) is 15.1. The maximum absolute atomic E-state index is 4.84. The van der Waals surface area contributed by atoms with E-state index in [2.05, 4.69) is 39.1 Å². The number of aliphatic imine (C=N–C) groups is 1. The minimum Gasteiger partial charge on any atom is -0.364 e. The lowest BCUT2D eigenvalue weighted by molar-refractivity contribution is 0.255. The first-order valence-electron chi connectivity index (χ1n) is 7.84. The highest BCUT2D eigenvalue weighted by atomic mass is 127. The Morgan fingerprint density at radius 3 is 2.86 bits per heavy atom. The molecule has 6 nitrogen and oxygen atoms in total. The van der Waals surface area contributed by atoms with E-state index in [1.165, 1.54) is 13.0 Å². The van der Waals surface area contributed by atoms with Crippen LogP contribution in [-0.2, 0) is 6.54 Å². The standard InChI is InChI=1S/C15H27N5O.HI/c1-4-19(5-2)11-13-6-8-20(12-13)15(16-3)17-10-14-7-9-21-18-14;/h7,9,13H,4-6,8,10-12H2,1-3H3,(H,16,17);1H. The molecule has 1 aromatic heterocycles. The fourth-order valence-corrected chi connectivity index (χ4v) is 2.85. The summed E-state index contributed by atoms with van der Waals surface area (Å²) in [5.74, 6) is 1.69. The third-order valence-corrected chi connectivity index (χ3v) is 4.13. The maximum Gasteiger partial charge on any atom is 0.193 e. The SMILES string of the molecule is CCN(CC)CC1CCN(C(=NC)NCc2ccon2)C1.I. The molecule has 1 N–H and O–H groups in total. The molecule has 7 heteroatoms. The van der Waals surface area contributed by atoms with Crippen molar-refractivity contribution in [2.24, 2.45) is 10.9 Å². The molecule has 1 aliphatic rings. The Morgan fingerprint density at radius 2 is 2.27 bits per heavy atom.